The van der Waals surface area contributed by atoms with E-state index in [1.54, 1.807) is 34.0 Å². The molecule has 0 saturated carbocycles. The number of nitrogens with one attached hydrogen (secondary N) is 1. The number of carbonyl (C=O) groups excluding carboxylic acids is 3. The average Bonchev–Trinajstić information content (AvgIpc) is 3.42. The Kier molecular flexibility index (Phi) is 11.0. The van der Waals surface area contributed by atoms with Gasteiger partial charge in [-0.15, -0.1) is 0 Å². The number of aromatic amines is 1. The van der Waals surface area contributed by atoms with Crippen molar-refractivity contribution in [1.29, 1.82) is 0 Å². The van der Waals surface area contributed by atoms with E-state index >= 15 is 0 Å². The first-order valence-electron chi connectivity index (χ1n) is 13.3. The van der Waals surface area contributed by atoms with Crippen LogP contribution in [0.5, 0.6) is 5.75 Å². The Morgan fingerprint density at radius 1 is 1.14 bits per heavy atom. The van der Waals surface area contributed by atoms with Gasteiger partial charge in [-0.1, -0.05) is 12.1 Å². The normalized spacial score (nSPS) is 17.3. The van der Waals surface area contributed by atoms with Gasteiger partial charge in [0.05, 0.1) is 18.4 Å². The van der Waals surface area contributed by atoms with E-state index in [-0.39, 0.29) is 17.7 Å². The molecule has 1 atom stereocenters. The lowest BCUT2D eigenvalue weighted by Gasteiger charge is -2.31. The molecule has 0 unspecified atom stereocenters. The molecule has 9 heteroatoms. The van der Waals surface area contributed by atoms with Crippen LogP contribution in [0.1, 0.15) is 67.3 Å². The molecule has 3 amide bonds. The van der Waals surface area contributed by atoms with Gasteiger partial charge in [0, 0.05) is 46.9 Å². The predicted molar refractivity (Wildman–Crippen MR) is 142 cm³/mol. The first-order chi connectivity index (χ1) is 17.9. The van der Waals surface area contributed by atoms with Crippen LogP contribution < -0.4 is 4.74 Å². The zero-order chi connectivity index (χ0) is 26.6. The zero-order valence-electron chi connectivity index (χ0n) is 22.4. The predicted octanol–water partition coefficient (Wildman–Crippen LogP) is 3.52. The number of rotatable bonds is 9. The number of fused-ring (bicyclic) bond motifs is 1. The highest BCUT2D eigenvalue weighted by Gasteiger charge is 2.30. The van der Waals surface area contributed by atoms with Crippen LogP contribution in [0, 0.1) is 0 Å². The molecule has 0 aliphatic carbocycles. The van der Waals surface area contributed by atoms with Crippen LogP contribution in [0.15, 0.2) is 36.7 Å². The number of hydrogen-bond acceptors (Lipinski definition) is 5. The van der Waals surface area contributed by atoms with Crippen LogP contribution in [-0.4, -0.2) is 89.5 Å². The first kappa shape index (κ1) is 28.2. The number of ether oxygens (including phenoxy) is 1. The molecule has 1 aliphatic heterocycles. The molecule has 0 bridgehead atoms. The molecule has 2 aromatic rings. The zero-order valence-corrected chi connectivity index (χ0v) is 22.4. The van der Waals surface area contributed by atoms with E-state index in [0.717, 1.165) is 50.5 Å². The molecule has 37 heavy (non-hydrogen) atoms. The van der Waals surface area contributed by atoms with E-state index in [9.17, 15) is 14.4 Å². The van der Waals surface area contributed by atoms with Crippen LogP contribution >= 0.6 is 0 Å². The standard InChI is InChI=1S/C28H41N5O4/c1-31(26(34)16-11-12-22-20-29-30-21-22)17-9-7-14-24-28(36)32(2)18-8-4-10-19-37-25-15-6-5-13-23(25)27(35)33(24)3/h5-6,13,15,20-21,24H,4,7-12,14,16-19H2,1-3H3,(H,29,30)/t24-/m0/s1. The Morgan fingerprint density at radius 3 is 2.73 bits per heavy atom. The molecule has 3 rings (SSSR count). The lowest BCUT2D eigenvalue weighted by Crippen LogP contribution is -2.48. The fourth-order valence-corrected chi connectivity index (χ4v) is 4.62. The average molecular weight is 512 g/mol. The number of H-pyrrole nitrogens is 1. The number of benzene rings is 1. The number of para-hydroxylation sites is 1. The van der Waals surface area contributed by atoms with Gasteiger partial charge in [0.2, 0.25) is 11.8 Å². The van der Waals surface area contributed by atoms with Crippen molar-refractivity contribution >= 4 is 17.7 Å². The number of hydrogen-bond donors (Lipinski definition) is 1. The van der Waals surface area contributed by atoms with Crippen molar-refractivity contribution in [2.24, 2.45) is 0 Å². The molecule has 202 valence electrons. The number of likely N-dealkylation sites (N-methyl/N-ethyl adjacent to an activating group) is 2. The van der Waals surface area contributed by atoms with Crippen LogP contribution in [0.4, 0.5) is 0 Å². The molecule has 1 aromatic heterocycles. The maximum atomic E-state index is 13.4. The van der Waals surface area contributed by atoms with Gasteiger partial charge in [0.1, 0.15) is 11.8 Å². The first-order valence-corrected chi connectivity index (χ1v) is 13.3. The van der Waals surface area contributed by atoms with Crippen molar-refractivity contribution in [3.63, 3.8) is 0 Å². The lowest BCUT2D eigenvalue weighted by molar-refractivity contribution is -0.135. The summed E-state index contributed by atoms with van der Waals surface area (Å²) in [6.07, 6.45) is 10.5. The van der Waals surface area contributed by atoms with Gasteiger partial charge in [-0.2, -0.15) is 5.10 Å². The SMILES string of the molecule is CN(CCCC[C@H]1C(=O)N(C)CCCCCOc2ccccc2C(=O)N1C)C(=O)CCCc1cn[nH]c1. The van der Waals surface area contributed by atoms with Crippen molar-refractivity contribution in [3.8, 4) is 5.75 Å². The van der Waals surface area contributed by atoms with Gasteiger partial charge in [-0.05, 0) is 69.1 Å². The molecule has 1 aliphatic rings. The Morgan fingerprint density at radius 2 is 1.95 bits per heavy atom. The summed E-state index contributed by atoms with van der Waals surface area (Å²) in [6, 6.07) is 6.67. The molecule has 1 aromatic carbocycles. The van der Waals surface area contributed by atoms with E-state index in [0.29, 0.717) is 43.9 Å². The van der Waals surface area contributed by atoms with Crippen LogP contribution in [0.3, 0.4) is 0 Å². The van der Waals surface area contributed by atoms with E-state index in [4.69, 9.17) is 4.74 Å². The third kappa shape index (κ3) is 8.33. The number of aromatic nitrogens is 2. The minimum atomic E-state index is -0.567. The number of carbonyl (C=O) groups is 3. The van der Waals surface area contributed by atoms with Gasteiger partial charge >= 0.3 is 0 Å². The van der Waals surface area contributed by atoms with Gasteiger partial charge in [-0.3, -0.25) is 19.5 Å². The summed E-state index contributed by atoms with van der Waals surface area (Å²) < 4.78 is 5.92. The van der Waals surface area contributed by atoms with Crippen LogP contribution in [0.25, 0.3) is 0 Å². The Balaban J connectivity index is 1.57. The summed E-state index contributed by atoms with van der Waals surface area (Å²) in [5, 5.41) is 6.72. The van der Waals surface area contributed by atoms with Crippen LogP contribution in [-0.2, 0) is 16.0 Å². The number of amides is 3. The van der Waals surface area contributed by atoms with Gasteiger partial charge in [0.25, 0.3) is 5.91 Å². The van der Waals surface area contributed by atoms with Crippen molar-refractivity contribution in [3.05, 3.63) is 47.8 Å². The molecule has 0 fully saturated rings. The third-order valence-electron chi connectivity index (χ3n) is 7.02. The molecule has 0 spiro atoms. The summed E-state index contributed by atoms with van der Waals surface area (Å²) in [5.74, 6) is 0.417. The Hall–Kier alpha value is -3.36. The minimum absolute atomic E-state index is 0.0443. The second-order valence-corrected chi connectivity index (χ2v) is 9.87. The number of aryl methyl sites for hydroxylation is 1. The minimum Gasteiger partial charge on any atom is -0.493 e. The van der Waals surface area contributed by atoms with Gasteiger partial charge < -0.3 is 19.4 Å². The van der Waals surface area contributed by atoms with E-state index in [1.807, 2.05) is 38.5 Å². The fraction of sp³-hybridized carbons (Fsp3) is 0.571. The van der Waals surface area contributed by atoms with Crippen molar-refractivity contribution in [1.82, 2.24) is 24.9 Å². The molecular weight excluding hydrogens is 470 g/mol. The van der Waals surface area contributed by atoms with E-state index in [2.05, 4.69) is 10.2 Å². The molecule has 1 N–H and O–H groups in total. The largest absolute Gasteiger partial charge is 0.493 e. The van der Waals surface area contributed by atoms with E-state index in [1.165, 1.54) is 0 Å². The van der Waals surface area contributed by atoms with Gasteiger partial charge in [0.15, 0.2) is 0 Å². The summed E-state index contributed by atoms with van der Waals surface area (Å²) >= 11 is 0. The maximum Gasteiger partial charge on any atom is 0.258 e. The quantitative estimate of drug-likeness (QED) is 0.520. The fourth-order valence-electron chi connectivity index (χ4n) is 4.62. The highest BCUT2D eigenvalue weighted by Crippen LogP contribution is 2.23. The summed E-state index contributed by atoms with van der Waals surface area (Å²) in [7, 11) is 5.34. The highest BCUT2D eigenvalue weighted by atomic mass is 16.5. The molecule has 2 heterocycles. The lowest BCUT2D eigenvalue weighted by atomic mass is 10.0. The van der Waals surface area contributed by atoms with Crippen molar-refractivity contribution < 1.29 is 19.1 Å². The molecular formula is C28H41N5O4. The smallest absolute Gasteiger partial charge is 0.258 e. The Bertz CT molecular complexity index is 1010. The van der Waals surface area contributed by atoms with Crippen molar-refractivity contribution in [2.75, 3.05) is 40.8 Å². The molecule has 0 saturated heterocycles. The van der Waals surface area contributed by atoms with Crippen LogP contribution in [0.2, 0.25) is 0 Å². The highest BCUT2D eigenvalue weighted by molar-refractivity contribution is 5.99. The van der Waals surface area contributed by atoms with Crippen molar-refractivity contribution in [2.45, 2.75) is 63.8 Å². The summed E-state index contributed by atoms with van der Waals surface area (Å²) in [4.78, 5) is 44.4. The van der Waals surface area contributed by atoms with E-state index < -0.39 is 6.04 Å². The summed E-state index contributed by atoms with van der Waals surface area (Å²) in [6.45, 7) is 1.82. The maximum absolute atomic E-state index is 13.4. The molecule has 9 nitrogen and oxygen atoms in total. The number of nitrogens with zero attached hydrogens (tertiary/aromatic N) is 4. The molecule has 0 radical (unpaired) electrons. The monoisotopic (exact) mass is 511 g/mol. The second-order valence-electron chi connectivity index (χ2n) is 9.87. The topological polar surface area (TPSA) is 98.8 Å². The Labute approximate surface area is 220 Å². The summed E-state index contributed by atoms with van der Waals surface area (Å²) in [5.41, 5.74) is 1.58. The van der Waals surface area contributed by atoms with Gasteiger partial charge in [-0.25, -0.2) is 0 Å². The number of unbranched alkanes of at least 4 members (excludes halogenated alkanes) is 1. The third-order valence-corrected chi connectivity index (χ3v) is 7.02. The second kappa shape index (κ2) is 14.4.